The van der Waals surface area contributed by atoms with Gasteiger partial charge in [-0.25, -0.2) is 0 Å². The molecule has 0 bridgehead atoms. The lowest BCUT2D eigenvalue weighted by Crippen LogP contribution is -2.15. The van der Waals surface area contributed by atoms with Crippen molar-refractivity contribution in [3.8, 4) is 11.8 Å². The number of hydrogen-bond donors (Lipinski definition) is 2. The lowest BCUT2D eigenvalue weighted by molar-refractivity contribution is -0.115. The zero-order valence-electron chi connectivity index (χ0n) is 11.3. The summed E-state index contributed by atoms with van der Waals surface area (Å²) in [6.07, 6.45) is 0.238. The largest absolute Gasteiger partial charge is 0.384 e. The first-order valence-electron chi connectivity index (χ1n) is 6.42. The van der Waals surface area contributed by atoms with Gasteiger partial charge in [0.25, 0.3) is 0 Å². The van der Waals surface area contributed by atoms with Crippen LogP contribution >= 0.6 is 11.6 Å². The molecule has 3 nitrogen and oxygen atoms in total. The van der Waals surface area contributed by atoms with Gasteiger partial charge in [0.05, 0.1) is 12.1 Å². The molecule has 1 amide bonds. The molecule has 0 atom stereocenters. The third-order valence-corrected chi connectivity index (χ3v) is 2.99. The third kappa shape index (κ3) is 4.64. The number of nitrogens with one attached hydrogen (secondary N) is 1. The molecular weight excluding hydrogens is 286 g/mol. The number of benzene rings is 2. The van der Waals surface area contributed by atoms with E-state index < -0.39 is 0 Å². The van der Waals surface area contributed by atoms with E-state index in [1.807, 2.05) is 24.3 Å². The molecule has 2 aromatic carbocycles. The summed E-state index contributed by atoms with van der Waals surface area (Å²) in [5.41, 5.74) is 2.15. The molecule has 2 N–H and O–H groups in total. The highest BCUT2D eigenvalue weighted by atomic mass is 35.5. The van der Waals surface area contributed by atoms with Crippen LogP contribution in [0.15, 0.2) is 48.5 Å². The van der Waals surface area contributed by atoms with Crippen LogP contribution in [-0.4, -0.2) is 17.6 Å². The summed E-state index contributed by atoms with van der Waals surface area (Å²) in [5, 5.41) is 12.2. The Labute approximate surface area is 128 Å². The zero-order valence-corrected chi connectivity index (χ0v) is 12.0. The Morgan fingerprint density at radius 3 is 2.76 bits per heavy atom. The van der Waals surface area contributed by atoms with E-state index in [-0.39, 0.29) is 18.9 Å². The van der Waals surface area contributed by atoms with E-state index in [2.05, 4.69) is 17.2 Å². The first kappa shape index (κ1) is 15.1. The van der Waals surface area contributed by atoms with Crippen LogP contribution in [0.1, 0.15) is 11.1 Å². The van der Waals surface area contributed by atoms with Gasteiger partial charge < -0.3 is 10.4 Å². The van der Waals surface area contributed by atoms with Crippen molar-refractivity contribution in [3.05, 3.63) is 64.7 Å². The number of amides is 1. The van der Waals surface area contributed by atoms with Gasteiger partial charge in [-0.05, 0) is 29.8 Å². The maximum absolute atomic E-state index is 12.1. The van der Waals surface area contributed by atoms with Gasteiger partial charge >= 0.3 is 0 Å². The molecule has 21 heavy (non-hydrogen) atoms. The molecule has 0 unspecified atom stereocenters. The van der Waals surface area contributed by atoms with Crippen LogP contribution in [-0.2, 0) is 11.2 Å². The van der Waals surface area contributed by atoms with Gasteiger partial charge in [-0.15, -0.1) is 0 Å². The SMILES string of the molecule is O=C(Cc1cccc(Cl)c1)Nc1ccccc1C#CCO. The molecule has 0 aromatic heterocycles. The molecule has 0 saturated heterocycles. The lowest BCUT2D eigenvalue weighted by Gasteiger charge is -2.07. The number of carbonyl (C=O) groups is 1. The lowest BCUT2D eigenvalue weighted by atomic mass is 10.1. The monoisotopic (exact) mass is 299 g/mol. The Morgan fingerprint density at radius 2 is 2.00 bits per heavy atom. The third-order valence-electron chi connectivity index (χ3n) is 2.76. The molecule has 2 rings (SSSR count). The van der Waals surface area contributed by atoms with E-state index in [9.17, 15) is 4.79 Å². The number of aliphatic hydroxyl groups is 1. The van der Waals surface area contributed by atoms with Crippen LogP contribution in [0.5, 0.6) is 0 Å². The standard InChI is InChI=1S/C17H14ClNO2/c18-15-8-3-5-13(11-15)12-17(21)19-16-9-2-1-6-14(16)7-4-10-20/h1-3,5-6,8-9,11,20H,10,12H2,(H,19,21). The fourth-order valence-corrected chi connectivity index (χ4v) is 2.08. The summed E-state index contributed by atoms with van der Waals surface area (Å²) >= 11 is 5.90. The average Bonchev–Trinajstić information content (AvgIpc) is 2.46. The normalized spacial score (nSPS) is 9.62. The highest BCUT2D eigenvalue weighted by Gasteiger charge is 2.06. The molecule has 0 spiro atoms. The van der Waals surface area contributed by atoms with E-state index >= 15 is 0 Å². The van der Waals surface area contributed by atoms with Crippen LogP contribution in [0.3, 0.4) is 0 Å². The fourth-order valence-electron chi connectivity index (χ4n) is 1.86. The smallest absolute Gasteiger partial charge is 0.228 e. The molecule has 106 valence electrons. The van der Waals surface area contributed by atoms with Gasteiger partial charge in [0.2, 0.25) is 5.91 Å². The van der Waals surface area contributed by atoms with Crippen molar-refractivity contribution in [2.24, 2.45) is 0 Å². The maximum atomic E-state index is 12.1. The van der Waals surface area contributed by atoms with Crippen molar-refractivity contribution in [2.45, 2.75) is 6.42 Å². The number of aliphatic hydroxyl groups excluding tert-OH is 1. The Hall–Kier alpha value is -2.28. The Kier molecular flexibility index (Phi) is 5.39. The number of carbonyl (C=O) groups excluding carboxylic acids is 1. The van der Waals surface area contributed by atoms with Crippen molar-refractivity contribution >= 4 is 23.2 Å². The number of halogens is 1. The fraction of sp³-hybridized carbons (Fsp3) is 0.118. The Bertz CT molecular complexity index is 701. The van der Waals surface area contributed by atoms with Crippen LogP contribution in [0.4, 0.5) is 5.69 Å². The van der Waals surface area contributed by atoms with Gasteiger partial charge in [-0.1, -0.05) is 47.7 Å². The van der Waals surface area contributed by atoms with Crippen molar-refractivity contribution in [3.63, 3.8) is 0 Å². The second kappa shape index (κ2) is 7.49. The van der Waals surface area contributed by atoms with Crippen molar-refractivity contribution in [1.29, 1.82) is 0 Å². The molecule has 0 aliphatic rings. The minimum absolute atomic E-state index is 0.143. The van der Waals surface area contributed by atoms with Gasteiger partial charge in [0.1, 0.15) is 6.61 Å². The molecule has 2 aromatic rings. The van der Waals surface area contributed by atoms with E-state index in [1.54, 1.807) is 24.3 Å². The van der Waals surface area contributed by atoms with Crippen LogP contribution in [0.25, 0.3) is 0 Å². The molecule has 0 heterocycles. The van der Waals surface area contributed by atoms with Crippen molar-refractivity contribution in [1.82, 2.24) is 0 Å². The van der Waals surface area contributed by atoms with E-state index in [1.165, 1.54) is 0 Å². The molecule has 0 radical (unpaired) electrons. The number of anilines is 1. The van der Waals surface area contributed by atoms with Crippen molar-refractivity contribution in [2.75, 3.05) is 11.9 Å². The average molecular weight is 300 g/mol. The zero-order chi connectivity index (χ0) is 15.1. The molecule has 0 fully saturated rings. The molecule has 0 aliphatic carbocycles. The first-order valence-corrected chi connectivity index (χ1v) is 6.80. The summed E-state index contributed by atoms with van der Waals surface area (Å²) in [4.78, 5) is 12.1. The van der Waals surface area contributed by atoms with Gasteiger partial charge in [0.15, 0.2) is 0 Å². The summed E-state index contributed by atoms with van der Waals surface area (Å²) in [6, 6.07) is 14.4. The minimum atomic E-state index is -0.217. The quantitative estimate of drug-likeness (QED) is 0.856. The molecular formula is C17H14ClNO2. The van der Waals surface area contributed by atoms with E-state index in [0.29, 0.717) is 16.3 Å². The molecule has 0 aliphatic heterocycles. The number of para-hydroxylation sites is 1. The van der Waals surface area contributed by atoms with E-state index in [0.717, 1.165) is 5.56 Å². The van der Waals surface area contributed by atoms with Crippen molar-refractivity contribution < 1.29 is 9.90 Å². The summed E-state index contributed by atoms with van der Waals surface area (Å²) < 4.78 is 0. The van der Waals surface area contributed by atoms with Gasteiger partial charge in [-0.3, -0.25) is 4.79 Å². The number of hydrogen-bond acceptors (Lipinski definition) is 2. The van der Waals surface area contributed by atoms with Gasteiger partial charge in [-0.2, -0.15) is 0 Å². The second-order valence-electron chi connectivity index (χ2n) is 4.36. The molecule has 4 heteroatoms. The predicted octanol–water partition coefficient (Wildman–Crippen LogP) is 2.87. The maximum Gasteiger partial charge on any atom is 0.228 e. The first-order chi connectivity index (χ1) is 10.2. The topological polar surface area (TPSA) is 49.3 Å². The predicted molar refractivity (Wildman–Crippen MR) is 84.2 cm³/mol. The van der Waals surface area contributed by atoms with Gasteiger partial charge in [0, 0.05) is 10.6 Å². The Morgan fingerprint density at radius 1 is 1.19 bits per heavy atom. The Balaban J connectivity index is 2.09. The minimum Gasteiger partial charge on any atom is -0.384 e. The second-order valence-corrected chi connectivity index (χ2v) is 4.80. The van der Waals surface area contributed by atoms with Crippen LogP contribution < -0.4 is 5.32 Å². The van der Waals surface area contributed by atoms with Crippen LogP contribution in [0, 0.1) is 11.8 Å². The molecule has 0 saturated carbocycles. The van der Waals surface area contributed by atoms with Crippen LogP contribution in [0.2, 0.25) is 5.02 Å². The summed E-state index contributed by atoms with van der Waals surface area (Å²) in [6.45, 7) is -0.217. The highest BCUT2D eigenvalue weighted by Crippen LogP contribution is 2.15. The summed E-state index contributed by atoms with van der Waals surface area (Å²) in [7, 11) is 0. The highest BCUT2D eigenvalue weighted by molar-refractivity contribution is 6.30. The van der Waals surface area contributed by atoms with E-state index in [4.69, 9.17) is 16.7 Å². The summed E-state index contributed by atoms with van der Waals surface area (Å²) in [5.74, 6) is 5.23. The number of rotatable bonds is 3.